The highest BCUT2D eigenvalue weighted by atomic mass is 32.1. The summed E-state index contributed by atoms with van der Waals surface area (Å²) >= 11 is 1.41. The van der Waals surface area contributed by atoms with E-state index in [1.807, 2.05) is 16.3 Å². The van der Waals surface area contributed by atoms with Crippen molar-refractivity contribution < 1.29 is 9.59 Å². The molecule has 1 aromatic rings. The molecule has 20 heavy (non-hydrogen) atoms. The number of nitrogens with zero attached hydrogens (tertiary/aromatic N) is 1. The van der Waals surface area contributed by atoms with Gasteiger partial charge in [0.1, 0.15) is 0 Å². The van der Waals surface area contributed by atoms with Gasteiger partial charge in [-0.1, -0.05) is 19.9 Å². The molecule has 2 atom stereocenters. The van der Waals surface area contributed by atoms with Crippen LogP contribution in [0.4, 0.5) is 0 Å². The number of rotatable bonds is 4. The molecule has 0 aliphatic carbocycles. The fourth-order valence-electron chi connectivity index (χ4n) is 2.80. The van der Waals surface area contributed by atoms with Gasteiger partial charge in [0, 0.05) is 26.1 Å². The van der Waals surface area contributed by atoms with Crippen molar-refractivity contribution in [2.75, 3.05) is 19.6 Å². The molecule has 2 amide bonds. The van der Waals surface area contributed by atoms with Crippen molar-refractivity contribution in [2.45, 2.75) is 26.7 Å². The van der Waals surface area contributed by atoms with Crippen molar-refractivity contribution in [1.82, 2.24) is 10.2 Å². The zero-order valence-corrected chi connectivity index (χ0v) is 12.9. The van der Waals surface area contributed by atoms with Gasteiger partial charge in [0.25, 0.3) is 5.91 Å². The van der Waals surface area contributed by atoms with Gasteiger partial charge in [0.15, 0.2) is 0 Å². The number of hydrogen-bond acceptors (Lipinski definition) is 3. The van der Waals surface area contributed by atoms with Crippen LogP contribution in [0.2, 0.25) is 0 Å². The molecule has 1 aliphatic rings. The number of carbonyl (C=O) groups excluding carboxylic acids is 2. The Labute approximate surface area is 124 Å². The van der Waals surface area contributed by atoms with Crippen molar-refractivity contribution in [1.29, 1.82) is 0 Å². The van der Waals surface area contributed by atoms with Crippen LogP contribution in [-0.2, 0) is 4.79 Å². The van der Waals surface area contributed by atoms with E-state index in [0.717, 1.165) is 13.1 Å². The van der Waals surface area contributed by atoms with Crippen molar-refractivity contribution >= 4 is 23.2 Å². The lowest BCUT2D eigenvalue weighted by molar-refractivity contribution is -0.133. The van der Waals surface area contributed by atoms with Crippen LogP contribution in [0.1, 0.15) is 36.4 Å². The molecule has 5 heteroatoms. The largest absolute Gasteiger partial charge is 0.351 e. The van der Waals surface area contributed by atoms with Gasteiger partial charge < -0.3 is 10.2 Å². The number of thiophene rings is 1. The van der Waals surface area contributed by atoms with E-state index in [2.05, 4.69) is 19.2 Å². The van der Waals surface area contributed by atoms with Crippen molar-refractivity contribution in [3.63, 3.8) is 0 Å². The average Bonchev–Trinajstić information content (AvgIpc) is 2.91. The zero-order chi connectivity index (χ0) is 14.5. The van der Waals surface area contributed by atoms with Crippen LogP contribution in [0.3, 0.4) is 0 Å². The summed E-state index contributed by atoms with van der Waals surface area (Å²) in [6.07, 6.45) is 1.58. The van der Waals surface area contributed by atoms with Gasteiger partial charge in [-0.3, -0.25) is 9.59 Å². The Morgan fingerprint density at radius 3 is 2.65 bits per heavy atom. The summed E-state index contributed by atoms with van der Waals surface area (Å²) < 4.78 is 0. The van der Waals surface area contributed by atoms with E-state index in [1.165, 1.54) is 17.8 Å². The standard InChI is InChI=1S/C15H22N2O2S/c1-11-8-12(2)10-17(9-11)14(18)5-6-16-15(19)13-4-3-7-20-13/h3-4,7,11-12H,5-6,8-10H2,1-2H3,(H,16,19). The first-order chi connectivity index (χ1) is 9.56. The van der Waals surface area contributed by atoms with Crippen molar-refractivity contribution in [2.24, 2.45) is 11.8 Å². The Balaban J connectivity index is 1.73. The molecule has 0 saturated carbocycles. The number of hydrogen-bond donors (Lipinski definition) is 1. The number of likely N-dealkylation sites (tertiary alicyclic amines) is 1. The smallest absolute Gasteiger partial charge is 0.261 e. The van der Waals surface area contributed by atoms with Gasteiger partial charge in [-0.25, -0.2) is 0 Å². The molecule has 1 aliphatic heterocycles. The third kappa shape index (κ3) is 4.07. The zero-order valence-electron chi connectivity index (χ0n) is 12.1. The fraction of sp³-hybridized carbons (Fsp3) is 0.600. The summed E-state index contributed by atoms with van der Waals surface area (Å²) in [6, 6.07) is 3.64. The van der Waals surface area contributed by atoms with Gasteiger partial charge in [-0.05, 0) is 29.7 Å². The number of piperidine rings is 1. The first-order valence-electron chi connectivity index (χ1n) is 7.15. The van der Waals surface area contributed by atoms with Crippen LogP contribution in [0.15, 0.2) is 17.5 Å². The molecular weight excluding hydrogens is 272 g/mol. The normalized spacial score (nSPS) is 22.6. The minimum atomic E-state index is -0.0896. The van der Waals surface area contributed by atoms with E-state index < -0.39 is 0 Å². The second-order valence-corrected chi connectivity index (χ2v) is 6.68. The Bertz CT molecular complexity index is 448. The molecule has 2 unspecified atom stereocenters. The van der Waals surface area contributed by atoms with Crippen LogP contribution in [0.5, 0.6) is 0 Å². The molecular formula is C15H22N2O2S. The molecule has 0 spiro atoms. The van der Waals surface area contributed by atoms with E-state index in [4.69, 9.17) is 0 Å². The maximum Gasteiger partial charge on any atom is 0.261 e. The molecule has 1 N–H and O–H groups in total. The summed E-state index contributed by atoms with van der Waals surface area (Å²) in [6.45, 7) is 6.49. The van der Waals surface area contributed by atoms with E-state index in [0.29, 0.717) is 29.7 Å². The van der Waals surface area contributed by atoms with Crippen LogP contribution in [0, 0.1) is 11.8 Å². The first-order valence-corrected chi connectivity index (χ1v) is 8.03. The Morgan fingerprint density at radius 1 is 1.35 bits per heavy atom. The predicted molar refractivity (Wildman–Crippen MR) is 80.8 cm³/mol. The van der Waals surface area contributed by atoms with E-state index in [-0.39, 0.29) is 11.8 Å². The van der Waals surface area contributed by atoms with Gasteiger partial charge in [-0.15, -0.1) is 11.3 Å². The lowest BCUT2D eigenvalue weighted by Gasteiger charge is -2.35. The summed E-state index contributed by atoms with van der Waals surface area (Å²) in [7, 11) is 0. The second-order valence-electron chi connectivity index (χ2n) is 5.73. The summed E-state index contributed by atoms with van der Waals surface area (Å²) in [5, 5.41) is 4.67. The molecule has 2 rings (SSSR count). The first kappa shape index (κ1) is 15.0. The highest BCUT2D eigenvalue weighted by Gasteiger charge is 2.24. The molecule has 4 nitrogen and oxygen atoms in total. The number of amides is 2. The topological polar surface area (TPSA) is 49.4 Å². The lowest BCUT2D eigenvalue weighted by Crippen LogP contribution is -2.43. The average molecular weight is 294 g/mol. The maximum absolute atomic E-state index is 12.1. The van der Waals surface area contributed by atoms with Crippen LogP contribution in [-0.4, -0.2) is 36.3 Å². The van der Waals surface area contributed by atoms with Crippen LogP contribution < -0.4 is 5.32 Å². The Morgan fingerprint density at radius 2 is 2.05 bits per heavy atom. The van der Waals surface area contributed by atoms with Crippen molar-refractivity contribution in [3.05, 3.63) is 22.4 Å². The minimum Gasteiger partial charge on any atom is -0.351 e. The maximum atomic E-state index is 12.1. The summed E-state index contributed by atoms with van der Waals surface area (Å²) in [5.74, 6) is 1.20. The molecule has 1 fully saturated rings. The van der Waals surface area contributed by atoms with Gasteiger partial charge >= 0.3 is 0 Å². The Kier molecular flexibility index (Phi) is 5.17. The van der Waals surface area contributed by atoms with E-state index >= 15 is 0 Å². The third-order valence-corrected chi connectivity index (χ3v) is 4.46. The number of carbonyl (C=O) groups is 2. The molecule has 2 heterocycles. The molecule has 0 bridgehead atoms. The molecule has 1 saturated heterocycles. The molecule has 0 radical (unpaired) electrons. The van der Waals surface area contributed by atoms with E-state index in [9.17, 15) is 9.59 Å². The highest BCUT2D eigenvalue weighted by Crippen LogP contribution is 2.21. The van der Waals surface area contributed by atoms with Crippen LogP contribution in [0.25, 0.3) is 0 Å². The quantitative estimate of drug-likeness (QED) is 0.927. The third-order valence-electron chi connectivity index (χ3n) is 3.59. The van der Waals surface area contributed by atoms with Crippen LogP contribution >= 0.6 is 11.3 Å². The lowest BCUT2D eigenvalue weighted by atomic mass is 9.92. The van der Waals surface area contributed by atoms with Gasteiger partial charge in [0.2, 0.25) is 5.91 Å². The summed E-state index contributed by atoms with van der Waals surface area (Å²) in [5.41, 5.74) is 0. The van der Waals surface area contributed by atoms with E-state index in [1.54, 1.807) is 6.07 Å². The van der Waals surface area contributed by atoms with Gasteiger partial charge in [0.05, 0.1) is 4.88 Å². The van der Waals surface area contributed by atoms with Crippen molar-refractivity contribution in [3.8, 4) is 0 Å². The monoisotopic (exact) mass is 294 g/mol. The predicted octanol–water partition coefficient (Wildman–Crippen LogP) is 2.37. The molecule has 110 valence electrons. The summed E-state index contributed by atoms with van der Waals surface area (Å²) in [4.78, 5) is 26.5. The molecule has 1 aromatic heterocycles. The number of nitrogens with one attached hydrogen (secondary N) is 1. The van der Waals surface area contributed by atoms with Gasteiger partial charge in [-0.2, -0.15) is 0 Å². The second kappa shape index (κ2) is 6.88. The minimum absolute atomic E-state index is 0.0896. The SMILES string of the molecule is CC1CC(C)CN(C(=O)CCNC(=O)c2cccs2)C1. The molecule has 0 aromatic carbocycles. The highest BCUT2D eigenvalue weighted by molar-refractivity contribution is 7.12. The Hall–Kier alpha value is -1.36. The fourth-order valence-corrected chi connectivity index (χ4v) is 3.44.